The minimum atomic E-state index is -0.667. The van der Waals surface area contributed by atoms with Gasteiger partial charge in [-0.1, -0.05) is 6.92 Å². The molecule has 17 heavy (non-hydrogen) atoms. The van der Waals surface area contributed by atoms with Crippen molar-refractivity contribution in [2.45, 2.75) is 19.8 Å². The fourth-order valence-corrected chi connectivity index (χ4v) is 0.908. The molecule has 0 atom stereocenters. The van der Waals surface area contributed by atoms with Gasteiger partial charge in [0.2, 0.25) is 0 Å². The zero-order chi connectivity index (χ0) is 13.7. The number of hydrogen-bond acceptors (Lipinski definition) is 6. The molecule has 0 aliphatic carbocycles. The average molecular weight is 254 g/mol. The minimum Gasteiger partial charge on any atom is -0.396 e. The first-order chi connectivity index (χ1) is 8.09. The summed E-state index contributed by atoms with van der Waals surface area (Å²) in [5.74, 6) is -0.139. The molecule has 0 bridgehead atoms. The molecule has 0 rings (SSSR count). The summed E-state index contributed by atoms with van der Waals surface area (Å²) in [7, 11) is 0. The fraction of sp³-hybridized carbons (Fsp3) is 1.00. The maximum atomic E-state index is 8.66. The van der Waals surface area contributed by atoms with E-state index in [4.69, 9.17) is 30.6 Å². The van der Waals surface area contributed by atoms with Gasteiger partial charge >= 0.3 is 0 Å². The third-order valence-electron chi connectivity index (χ3n) is 2.81. The fourth-order valence-electron chi connectivity index (χ4n) is 0.908. The Morgan fingerprint density at radius 1 is 0.824 bits per heavy atom. The maximum absolute atomic E-state index is 8.66. The highest BCUT2D eigenvalue weighted by Crippen LogP contribution is 2.18. The molecule has 0 aromatic rings. The molecule has 0 spiro atoms. The van der Waals surface area contributed by atoms with Crippen LogP contribution in [-0.2, 0) is 0 Å². The predicted molar refractivity (Wildman–Crippen MR) is 63.3 cm³/mol. The highest BCUT2D eigenvalue weighted by atomic mass is 16.3. The predicted octanol–water partition coefficient (Wildman–Crippen LogP) is -1.67. The maximum Gasteiger partial charge on any atom is 0.0531 e. The summed E-state index contributed by atoms with van der Waals surface area (Å²) in [6.07, 6.45) is 1.07. The van der Waals surface area contributed by atoms with E-state index < -0.39 is 5.41 Å². The van der Waals surface area contributed by atoms with Crippen LogP contribution in [0.1, 0.15) is 19.8 Å². The van der Waals surface area contributed by atoms with Gasteiger partial charge in [0.1, 0.15) is 0 Å². The van der Waals surface area contributed by atoms with Crippen LogP contribution in [0.5, 0.6) is 0 Å². The largest absolute Gasteiger partial charge is 0.396 e. The van der Waals surface area contributed by atoms with Crippen LogP contribution in [0.25, 0.3) is 0 Å². The Hall–Kier alpha value is -0.240. The summed E-state index contributed by atoms with van der Waals surface area (Å²) in [4.78, 5) is 0. The quantitative estimate of drug-likeness (QED) is 0.308. The highest BCUT2D eigenvalue weighted by molar-refractivity contribution is 4.74. The van der Waals surface area contributed by atoms with Crippen LogP contribution >= 0.6 is 0 Å². The van der Waals surface area contributed by atoms with Gasteiger partial charge in [0, 0.05) is 31.2 Å². The van der Waals surface area contributed by atoms with Crippen LogP contribution in [-0.4, -0.2) is 70.3 Å². The third-order valence-corrected chi connectivity index (χ3v) is 2.81. The molecule has 6 N–H and O–H groups in total. The van der Waals surface area contributed by atoms with Crippen LogP contribution in [0.15, 0.2) is 0 Å². The Kier molecular flexibility index (Phi) is 13.7. The molecular weight excluding hydrogens is 228 g/mol. The topological polar surface area (TPSA) is 121 Å². The zero-order valence-electron chi connectivity index (χ0n) is 10.4. The Balaban J connectivity index is 0. The van der Waals surface area contributed by atoms with Gasteiger partial charge in [-0.05, 0) is 12.8 Å². The normalized spacial score (nSPS) is 11.3. The van der Waals surface area contributed by atoms with Crippen molar-refractivity contribution in [3.8, 4) is 0 Å². The minimum absolute atomic E-state index is 0.0335. The molecule has 0 saturated carbocycles. The molecule has 0 aromatic heterocycles. The van der Waals surface area contributed by atoms with E-state index in [2.05, 4.69) is 0 Å². The summed E-state index contributed by atoms with van der Waals surface area (Å²) in [5, 5.41) is 51.0. The van der Waals surface area contributed by atoms with Gasteiger partial charge in [0.15, 0.2) is 0 Å². The van der Waals surface area contributed by atoms with Crippen molar-refractivity contribution >= 4 is 0 Å². The first kappa shape index (κ1) is 19.1. The lowest BCUT2D eigenvalue weighted by molar-refractivity contribution is 0.00304. The summed E-state index contributed by atoms with van der Waals surface area (Å²) in [6.45, 7) is 1.30. The Bertz CT molecular complexity index is 127. The molecule has 0 aromatic carbocycles. The van der Waals surface area contributed by atoms with E-state index in [1.54, 1.807) is 0 Å². The van der Waals surface area contributed by atoms with Crippen molar-refractivity contribution in [3.63, 3.8) is 0 Å². The van der Waals surface area contributed by atoms with Gasteiger partial charge in [-0.3, -0.25) is 0 Å². The van der Waals surface area contributed by atoms with E-state index in [1.165, 1.54) is 0 Å². The Labute approximate surface area is 102 Å². The second-order valence-corrected chi connectivity index (χ2v) is 4.07. The van der Waals surface area contributed by atoms with Gasteiger partial charge in [-0.25, -0.2) is 0 Å². The molecule has 6 nitrogen and oxygen atoms in total. The summed E-state index contributed by atoms with van der Waals surface area (Å²) < 4.78 is 0. The van der Waals surface area contributed by atoms with Crippen molar-refractivity contribution in [2.75, 3.05) is 39.6 Å². The number of hydrogen-bond donors (Lipinski definition) is 6. The number of aliphatic hydroxyl groups is 6. The SMILES string of the molecule is CCC(CO)(CO)CO.OCCC(CO)CO. The molecule has 0 unspecified atom stereocenters. The average Bonchev–Trinajstić information content (AvgIpc) is 2.40. The van der Waals surface area contributed by atoms with E-state index in [1.807, 2.05) is 6.92 Å². The lowest BCUT2D eigenvalue weighted by Crippen LogP contribution is -2.32. The molecule has 0 amide bonds. The van der Waals surface area contributed by atoms with Crippen molar-refractivity contribution in [1.82, 2.24) is 0 Å². The molecule has 6 heteroatoms. The van der Waals surface area contributed by atoms with Gasteiger partial charge in [0.05, 0.1) is 19.8 Å². The first-order valence-corrected chi connectivity index (χ1v) is 5.74. The smallest absolute Gasteiger partial charge is 0.0531 e. The zero-order valence-corrected chi connectivity index (χ0v) is 10.4. The molecule has 0 aliphatic heterocycles. The number of aliphatic hydroxyl groups excluding tert-OH is 6. The Morgan fingerprint density at radius 2 is 1.24 bits per heavy atom. The summed E-state index contributed by atoms with van der Waals surface area (Å²) >= 11 is 0. The van der Waals surface area contributed by atoms with Gasteiger partial charge in [-0.15, -0.1) is 0 Å². The van der Waals surface area contributed by atoms with Gasteiger partial charge in [0.25, 0.3) is 0 Å². The standard InChI is InChI=1S/C6H14O3.C5H12O3/c1-2-6(3-7,4-8)5-9;6-2-1-5(3-7)4-8/h7-9H,2-5H2,1H3;5-8H,1-4H2. The van der Waals surface area contributed by atoms with E-state index in [0.717, 1.165) is 0 Å². The molecule has 0 saturated heterocycles. The number of rotatable bonds is 8. The second-order valence-electron chi connectivity index (χ2n) is 4.07. The van der Waals surface area contributed by atoms with Crippen LogP contribution in [0.4, 0.5) is 0 Å². The van der Waals surface area contributed by atoms with Gasteiger partial charge in [-0.2, -0.15) is 0 Å². The van der Waals surface area contributed by atoms with Crippen LogP contribution in [0, 0.1) is 11.3 Å². The molecule has 0 aliphatic rings. The molecule has 0 radical (unpaired) electrons. The lowest BCUT2D eigenvalue weighted by Gasteiger charge is -2.24. The molecular formula is C11H26O6. The molecule has 0 fully saturated rings. The van der Waals surface area contributed by atoms with Gasteiger partial charge < -0.3 is 30.6 Å². The lowest BCUT2D eigenvalue weighted by atomic mass is 9.88. The molecule has 106 valence electrons. The summed E-state index contributed by atoms with van der Waals surface area (Å²) in [6, 6.07) is 0. The van der Waals surface area contributed by atoms with Crippen LogP contribution < -0.4 is 0 Å². The first-order valence-electron chi connectivity index (χ1n) is 5.74. The van der Waals surface area contributed by atoms with Crippen molar-refractivity contribution in [1.29, 1.82) is 0 Å². The van der Waals surface area contributed by atoms with Crippen molar-refractivity contribution < 1.29 is 30.6 Å². The van der Waals surface area contributed by atoms with E-state index in [0.29, 0.717) is 12.8 Å². The summed E-state index contributed by atoms with van der Waals surface area (Å²) in [5.41, 5.74) is -0.667. The van der Waals surface area contributed by atoms with E-state index >= 15 is 0 Å². The van der Waals surface area contributed by atoms with Crippen LogP contribution in [0.2, 0.25) is 0 Å². The van der Waals surface area contributed by atoms with Crippen molar-refractivity contribution in [3.05, 3.63) is 0 Å². The monoisotopic (exact) mass is 254 g/mol. The second kappa shape index (κ2) is 12.2. The van der Waals surface area contributed by atoms with Crippen molar-refractivity contribution in [2.24, 2.45) is 11.3 Å². The van der Waals surface area contributed by atoms with E-state index in [9.17, 15) is 0 Å². The van der Waals surface area contributed by atoms with E-state index in [-0.39, 0.29) is 45.6 Å². The highest BCUT2D eigenvalue weighted by Gasteiger charge is 2.24. The molecule has 0 heterocycles. The third kappa shape index (κ3) is 8.48. The Morgan fingerprint density at radius 3 is 1.29 bits per heavy atom. The van der Waals surface area contributed by atoms with Crippen LogP contribution in [0.3, 0.4) is 0 Å².